The molecule has 0 saturated carbocycles. The van der Waals surface area contributed by atoms with Crippen LogP contribution in [-0.4, -0.2) is 31.4 Å². The van der Waals surface area contributed by atoms with Gasteiger partial charge in [-0.15, -0.1) is 5.10 Å². The van der Waals surface area contributed by atoms with Crippen LogP contribution in [0, 0.1) is 0 Å². The molecule has 6 nitrogen and oxygen atoms in total. The molecule has 0 aliphatic heterocycles. The summed E-state index contributed by atoms with van der Waals surface area (Å²) in [5.41, 5.74) is 0. The largest absolute Gasteiger partial charge is 0.291 e. The Morgan fingerprint density at radius 2 is 2.55 bits per heavy atom. The molecular formula is C4H6BrN5O. The van der Waals surface area contributed by atoms with Crippen molar-refractivity contribution < 1.29 is 4.79 Å². The molecule has 11 heavy (non-hydrogen) atoms. The van der Waals surface area contributed by atoms with Gasteiger partial charge >= 0.3 is 0 Å². The first kappa shape index (κ1) is 8.12. The topological polar surface area (TPSA) is 72.7 Å². The van der Waals surface area contributed by atoms with Gasteiger partial charge in [0.1, 0.15) is 0 Å². The molecule has 0 aromatic carbocycles. The average Bonchev–Trinajstić information content (AvgIpc) is 2.35. The van der Waals surface area contributed by atoms with Gasteiger partial charge in [-0.1, -0.05) is 21.0 Å². The maximum atomic E-state index is 10.7. The zero-order valence-electron chi connectivity index (χ0n) is 5.78. The molecule has 60 valence electrons. The molecule has 1 aromatic heterocycles. The Morgan fingerprint density at radius 1 is 1.82 bits per heavy atom. The van der Waals surface area contributed by atoms with Gasteiger partial charge in [0.05, 0.1) is 12.4 Å². The number of halogens is 1. The van der Waals surface area contributed by atoms with Crippen LogP contribution in [0.3, 0.4) is 0 Å². The molecule has 0 radical (unpaired) electrons. The molecule has 0 unspecified atom stereocenters. The number of rotatable bonds is 2. The molecule has 0 spiro atoms. The van der Waals surface area contributed by atoms with E-state index in [1.165, 1.54) is 4.80 Å². The first-order valence-electron chi connectivity index (χ1n) is 2.82. The van der Waals surface area contributed by atoms with Gasteiger partial charge in [-0.25, -0.2) is 0 Å². The van der Waals surface area contributed by atoms with Crippen LogP contribution in [0.25, 0.3) is 0 Å². The molecule has 1 rings (SSSR count). The van der Waals surface area contributed by atoms with E-state index in [4.69, 9.17) is 0 Å². The van der Waals surface area contributed by atoms with Gasteiger partial charge < -0.3 is 0 Å². The number of alkyl halides is 1. The van der Waals surface area contributed by atoms with Crippen LogP contribution in [0.2, 0.25) is 0 Å². The van der Waals surface area contributed by atoms with E-state index < -0.39 is 0 Å². The van der Waals surface area contributed by atoms with Crippen LogP contribution in [0.4, 0.5) is 5.95 Å². The van der Waals surface area contributed by atoms with Crippen molar-refractivity contribution in [1.82, 2.24) is 20.2 Å². The highest BCUT2D eigenvalue weighted by molar-refractivity contribution is 9.09. The first-order valence-corrected chi connectivity index (χ1v) is 3.94. The number of hydrogen-bond donors (Lipinski definition) is 1. The second-order valence-corrected chi connectivity index (χ2v) is 2.35. The van der Waals surface area contributed by atoms with Gasteiger partial charge in [0, 0.05) is 0 Å². The van der Waals surface area contributed by atoms with Crippen molar-refractivity contribution in [2.24, 2.45) is 7.05 Å². The van der Waals surface area contributed by atoms with Crippen LogP contribution >= 0.6 is 15.9 Å². The Kier molecular flexibility index (Phi) is 2.53. The molecule has 1 N–H and O–H groups in total. The van der Waals surface area contributed by atoms with E-state index in [-0.39, 0.29) is 17.2 Å². The molecule has 0 saturated heterocycles. The fourth-order valence-corrected chi connectivity index (χ4v) is 0.632. The van der Waals surface area contributed by atoms with Crippen LogP contribution < -0.4 is 5.32 Å². The number of carbonyl (C=O) groups excluding carboxylic acids is 1. The van der Waals surface area contributed by atoms with E-state index in [0.29, 0.717) is 0 Å². The molecule has 0 aliphatic rings. The predicted molar refractivity (Wildman–Crippen MR) is 41.2 cm³/mol. The van der Waals surface area contributed by atoms with Crippen LogP contribution in [0.1, 0.15) is 0 Å². The van der Waals surface area contributed by atoms with Crippen molar-refractivity contribution in [1.29, 1.82) is 0 Å². The third kappa shape index (κ3) is 2.26. The summed E-state index contributed by atoms with van der Waals surface area (Å²) >= 11 is 2.98. The Labute approximate surface area is 71.1 Å². The number of aromatic nitrogens is 4. The number of amides is 1. The van der Waals surface area contributed by atoms with E-state index in [1.807, 2.05) is 0 Å². The molecule has 1 aromatic rings. The Morgan fingerprint density at radius 3 is 3.00 bits per heavy atom. The summed E-state index contributed by atoms with van der Waals surface area (Å²) < 4.78 is 0. The highest BCUT2D eigenvalue weighted by Crippen LogP contribution is 1.92. The first-order chi connectivity index (χ1) is 5.22. The highest BCUT2D eigenvalue weighted by Gasteiger charge is 2.03. The minimum Gasteiger partial charge on any atom is -0.291 e. The molecule has 0 fully saturated rings. The molecule has 0 aliphatic carbocycles. The lowest BCUT2D eigenvalue weighted by Crippen LogP contribution is -2.13. The van der Waals surface area contributed by atoms with Crippen molar-refractivity contribution in [3.8, 4) is 0 Å². The van der Waals surface area contributed by atoms with E-state index in [1.54, 1.807) is 7.05 Å². The predicted octanol–water partition coefficient (Wildman–Crippen LogP) is -0.457. The summed E-state index contributed by atoms with van der Waals surface area (Å²) in [7, 11) is 1.62. The van der Waals surface area contributed by atoms with Crippen LogP contribution in [0.15, 0.2) is 0 Å². The molecule has 1 amide bonds. The van der Waals surface area contributed by atoms with Crippen molar-refractivity contribution in [2.45, 2.75) is 0 Å². The Hall–Kier alpha value is -0.980. The third-order valence-electron chi connectivity index (χ3n) is 0.881. The maximum absolute atomic E-state index is 10.7. The lowest BCUT2D eigenvalue weighted by atomic mass is 10.7. The lowest BCUT2D eigenvalue weighted by Gasteiger charge is -1.92. The van der Waals surface area contributed by atoms with Crippen molar-refractivity contribution in [3.63, 3.8) is 0 Å². The van der Waals surface area contributed by atoms with Gasteiger partial charge in [-0.2, -0.15) is 4.80 Å². The summed E-state index contributed by atoms with van der Waals surface area (Å²) in [4.78, 5) is 12.0. The third-order valence-corrected chi connectivity index (χ3v) is 1.39. The second kappa shape index (κ2) is 3.42. The van der Waals surface area contributed by atoms with E-state index in [2.05, 4.69) is 36.7 Å². The smallest absolute Gasteiger partial charge is 0.270 e. The van der Waals surface area contributed by atoms with Gasteiger partial charge in [-0.05, 0) is 5.21 Å². The van der Waals surface area contributed by atoms with Gasteiger partial charge in [-0.3, -0.25) is 10.1 Å². The molecule has 0 atom stereocenters. The zero-order valence-corrected chi connectivity index (χ0v) is 7.37. The Bertz CT molecular complexity index is 259. The molecule has 0 bridgehead atoms. The van der Waals surface area contributed by atoms with Gasteiger partial charge in [0.15, 0.2) is 0 Å². The van der Waals surface area contributed by atoms with Crippen LogP contribution in [0.5, 0.6) is 0 Å². The van der Waals surface area contributed by atoms with E-state index in [9.17, 15) is 4.79 Å². The molecular weight excluding hydrogens is 214 g/mol. The Balaban J connectivity index is 2.57. The number of nitrogens with one attached hydrogen (secondary N) is 1. The van der Waals surface area contributed by atoms with E-state index in [0.717, 1.165) is 0 Å². The quantitative estimate of drug-likeness (QED) is 0.684. The van der Waals surface area contributed by atoms with E-state index >= 15 is 0 Å². The van der Waals surface area contributed by atoms with Gasteiger partial charge in [0.25, 0.3) is 5.95 Å². The normalized spacial score (nSPS) is 9.64. The fourth-order valence-electron chi connectivity index (χ4n) is 0.492. The highest BCUT2D eigenvalue weighted by atomic mass is 79.9. The minimum atomic E-state index is -0.196. The van der Waals surface area contributed by atoms with Crippen molar-refractivity contribution in [3.05, 3.63) is 0 Å². The summed E-state index contributed by atoms with van der Waals surface area (Å²) in [6.45, 7) is 0. The SMILES string of the molecule is Cn1nnc(NC(=O)CBr)n1. The number of hydrogen-bond acceptors (Lipinski definition) is 4. The fraction of sp³-hybridized carbons (Fsp3) is 0.500. The number of tetrazole rings is 1. The average molecular weight is 220 g/mol. The summed E-state index contributed by atoms with van der Waals surface area (Å²) in [5.74, 6) is 0.0231. The number of aryl methyl sites for hydroxylation is 1. The standard InChI is InChI=1S/C4H6BrN5O/c1-10-8-4(7-9-10)6-3(11)2-5/h2H2,1H3,(H,6,8,11). The van der Waals surface area contributed by atoms with Crippen molar-refractivity contribution >= 4 is 27.8 Å². The summed E-state index contributed by atoms with van der Waals surface area (Å²) in [6.07, 6.45) is 0. The number of nitrogens with zero attached hydrogens (tertiary/aromatic N) is 4. The lowest BCUT2D eigenvalue weighted by molar-refractivity contribution is -0.113. The van der Waals surface area contributed by atoms with Crippen LogP contribution in [-0.2, 0) is 11.8 Å². The monoisotopic (exact) mass is 219 g/mol. The summed E-state index contributed by atoms with van der Waals surface area (Å²) in [5, 5.41) is 13.5. The number of anilines is 1. The molecule has 1 heterocycles. The molecule has 7 heteroatoms. The van der Waals surface area contributed by atoms with Crippen molar-refractivity contribution in [2.75, 3.05) is 10.6 Å². The minimum absolute atomic E-state index is 0.196. The van der Waals surface area contributed by atoms with Gasteiger partial charge in [0.2, 0.25) is 5.91 Å². The maximum Gasteiger partial charge on any atom is 0.270 e. The summed E-state index contributed by atoms with van der Waals surface area (Å²) in [6, 6.07) is 0. The number of carbonyl (C=O) groups is 1. The zero-order chi connectivity index (χ0) is 8.27. The second-order valence-electron chi connectivity index (χ2n) is 1.78.